The average molecular weight is 381 g/mol. The summed E-state index contributed by atoms with van der Waals surface area (Å²) < 4.78 is 1.20. The summed E-state index contributed by atoms with van der Waals surface area (Å²) >= 11 is 1.74. The maximum absolute atomic E-state index is 11.5. The van der Waals surface area contributed by atoms with Gasteiger partial charge in [-0.1, -0.05) is 12.1 Å². The molecule has 138 valence electrons. The Labute approximate surface area is 160 Å². The number of nitro groups is 1. The highest BCUT2D eigenvalue weighted by atomic mass is 32.1. The number of hydrogen-bond donors (Lipinski definition) is 0. The summed E-state index contributed by atoms with van der Waals surface area (Å²) in [6, 6.07) is 12.9. The summed E-state index contributed by atoms with van der Waals surface area (Å²) in [4.78, 5) is 29.4. The molecule has 0 radical (unpaired) electrons. The van der Waals surface area contributed by atoms with Crippen molar-refractivity contribution in [3.05, 3.63) is 63.1 Å². The maximum atomic E-state index is 11.5. The van der Waals surface area contributed by atoms with E-state index in [1.807, 2.05) is 23.1 Å². The van der Waals surface area contributed by atoms with E-state index in [0.717, 1.165) is 36.5 Å². The minimum Gasteiger partial charge on any atom is -0.366 e. The average Bonchev–Trinajstić information content (AvgIpc) is 3.12. The number of Topliss-reactive ketones (excluding diaryl/α,β-unsaturated/α-hetero) is 1. The van der Waals surface area contributed by atoms with Crippen LogP contribution in [0.4, 0.5) is 11.4 Å². The van der Waals surface area contributed by atoms with Crippen LogP contribution in [0.2, 0.25) is 0 Å². The normalized spacial score (nSPS) is 15.2. The molecule has 6 nitrogen and oxygen atoms in total. The van der Waals surface area contributed by atoms with E-state index < -0.39 is 4.92 Å². The molecule has 2 aromatic carbocycles. The first-order valence-electron chi connectivity index (χ1n) is 8.92. The summed E-state index contributed by atoms with van der Waals surface area (Å²) in [7, 11) is 0. The largest absolute Gasteiger partial charge is 0.366 e. The van der Waals surface area contributed by atoms with E-state index in [0.29, 0.717) is 17.2 Å². The number of ketones is 1. The Hall–Kier alpha value is -2.80. The SMILES string of the molecule is CC(=O)c1ccc(N2CCC(c3nc4ccccc4s3)CC2)c([N+](=O)[O-])c1. The van der Waals surface area contributed by atoms with Crippen LogP contribution in [0, 0.1) is 10.1 Å². The molecular formula is C20H19N3O3S. The maximum Gasteiger partial charge on any atom is 0.293 e. The smallest absolute Gasteiger partial charge is 0.293 e. The fourth-order valence-corrected chi connectivity index (χ4v) is 4.72. The molecule has 3 aromatic rings. The molecule has 2 heterocycles. The first-order chi connectivity index (χ1) is 13.0. The zero-order valence-corrected chi connectivity index (χ0v) is 15.7. The molecule has 4 rings (SSSR count). The van der Waals surface area contributed by atoms with Crippen LogP contribution in [0.5, 0.6) is 0 Å². The summed E-state index contributed by atoms with van der Waals surface area (Å²) in [5.41, 5.74) is 2.00. The Bertz CT molecular complexity index is 989. The Morgan fingerprint density at radius 1 is 1.22 bits per heavy atom. The van der Waals surface area contributed by atoms with E-state index in [-0.39, 0.29) is 11.5 Å². The van der Waals surface area contributed by atoms with Crippen LogP contribution in [0.3, 0.4) is 0 Å². The van der Waals surface area contributed by atoms with E-state index in [4.69, 9.17) is 4.98 Å². The number of hydrogen-bond acceptors (Lipinski definition) is 6. The molecule has 0 spiro atoms. The van der Waals surface area contributed by atoms with Crippen molar-refractivity contribution in [3.8, 4) is 0 Å². The number of piperidine rings is 1. The molecule has 0 bridgehead atoms. The molecule has 0 saturated carbocycles. The lowest BCUT2D eigenvalue weighted by Gasteiger charge is -2.32. The van der Waals surface area contributed by atoms with Gasteiger partial charge in [0.1, 0.15) is 5.69 Å². The second kappa shape index (κ2) is 7.08. The van der Waals surface area contributed by atoms with Gasteiger partial charge in [0.15, 0.2) is 5.78 Å². The summed E-state index contributed by atoms with van der Waals surface area (Å²) in [6.07, 6.45) is 1.82. The molecule has 1 saturated heterocycles. The standard InChI is InChI=1S/C20H19N3O3S/c1-13(24)15-6-7-17(18(12-15)23(25)26)22-10-8-14(9-11-22)20-21-16-4-2-3-5-19(16)27-20/h2-7,12,14H,8-11H2,1H3. The highest BCUT2D eigenvalue weighted by molar-refractivity contribution is 7.18. The number of fused-ring (bicyclic) bond motifs is 1. The van der Waals surface area contributed by atoms with E-state index in [1.54, 1.807) is 23.5 Å². The van der Waals surface area contributed by atoms with Crippen molar-refractivity contribution < 1.29 is 9.72 Å². The van der Waals surface area contributed by atoms with Gasteiger partial charge in [-0.2, -0.15) is 0 Å². The van der Waals surface area contributed by atoms with E-state index in [2.05, 4.69) is 6.07 Å². The van der Waals surface area contributed by atoms with Crippen LogP contribution in [-0.4, -0.2) is 28.8 Å². The molecule has 0 unspecified atom stereocenters. The van der Waals surface area contributed by atoms with E-state index >= 15 is 0 Å². The number of para-hydroxylation sites is 1. The monoisotopic (exact) mass is 381 g/mol. The number of carbonyl (C=O) groups excluding carboxylic acids is 1. The molecule has 27 heavy (non-hydrogen) atoms. The van der Waals surface area contributed by atoms with E-state index in [9.17, 15) is 14.9 Å². The molecule has 7 heteroatoms. The second-order valence-corrected chi connectivity index (χ2v) is 7.86. The third-order valence-electron chi connectivity index (χ3n) is 5.07. The first kappa shape index (κ1) is 17.6. The van der Waals surface area contributed by atoms with Crippen molar-refractivity contribution in [2.24, 2.45) is 0 Å². The Kier molecular flexibility index (Phi) is 4.61. The van der Waals surface area contributed by atoms with Crippen molar-refractivity contribution in [1.29, 1.82) is 0 Å². The number of benzene rings is 2. The fourth-order valence-electron chi connectivity index (χ4n) is 3.59. The van der Waals surface area contributed by atoms with Crippen LogP contribution >= 0.6 is 11.3 Å². The van der Waals surface area contributed by atoms with Crippen molar-refractivity contribution in [2.45, 2.75) is 25.7 Å². The van der Waals surface area contributed by atoms with Crippen molar-refractivity contribution >= 4 is 38.7 Å². The summed E-state index contributed by atoms with van der Waals surface area (Å²) in [6.45, 7) is 2.89. The van der Waals surface area contributed by atoms with Gasteiger partial charge in [0.25, 0.3) is 5.69 Å². The van der Waals surface area contributed by atoms with Gasteiger partial charge in [0.2, 0.25) is 0 Å². The lowest BCUT2D eigenvalue weighted by atomic mass is 9.96. The third-order valence-corrected chi connectivity index (χ3v) is 6.27. The minimum absolute atomic E-state index is 0.00105. The van der Waals surface area contributed by atoms with Gasteiger partial charge in [-0.25, -0.2) is 4.98 Å². The topological polar surface area (TPSA) is 76.3 Å². The van der Waals surface area contributed by atoms with Crippen LogP contribution < -0.4 is 4.90 Å². The number of carbonyl (C=O) groups is 1. The minimum atomic E-state index is -0.401. The van der Waals surface area contributed by atoms with Gasteiger partial charge in [0.05, 0.1) is 20.1 Å². The van der Waals surface area contributed by atoms with Gasteiger partial charge >= 0.3 is 0 Å². The van der Waals surface area contributed by atoms with Crippen molar-refractivity contribution in [3.63, 3.8) is 0 Å². The molecule has 1 aliphatic heterocycles. The lowest BCUT2D eigenvalue weighted by molar-refractivity contribution is -0.384. The Balaban J connectivity index is 1.53. The predicted molar refractivity (Wildman–Crippen MR) is 107 cm³/mol. The number of nitro benzene ring substituents is 1. The zero-order chi connectivity index (χ0) is 19.0. The second-order valence-electron chi connectivity index (χ2n) is 6.80. The predicted octanol–water partition coefficient (Wildman–Crippen LogP) is 4.79. The summed E-state index contributed by atoms with van der Waals surface area (Å²) in [5, 5.41) is 12.6. The number of rotatable bonds is 4. The van der Waals surface area contributed by atoms with Gasteiger partial charge in [-0.15, -0.1) is 11.3 Å². The number of aromatic nitrogens is 1. The molecule has 0 aliphatic carbocycles. The van der Waals surface area contributed by atoms with Gasteiger partial charge in [0, 0.05) is 30.6 Å². The first-order valence-corrected chi connectivity index (χ1v) is 9.74. The molecule has 1 aliphatic rings. The van der Waals surface area contributed by atoms with Crippen molar-refractivity contribution in [2.75, 3.05) is 18.0 Å². The van der Waals surface area contributed by atoms with Crippen LogP contribution in [0.25, 0.3) is 10.2 Å². The molecule has 0 atom stereocenters. The zero-order valence-electron chi connectivity index (χ0n) is 14.9. The van der Waals surface area contributed by atoms with Crippen LogP contribution in [0.15, 0.2) is 42.5 Å². The Morgan fingerprint density at radius 2 is 1.96 bits per heavy atom. The molecule has 0 N–H and O–H groups in total. The van der Waals surface area contributed by atoms with Crippen LogP contribution in [0.1, 0.15) is 41.0 Å². The van der Waals surface area contributed by atoms with Gasteiger partial charge in [-0.05, 0) is 44.0 Å². The quantitative estimate of drug-likeness (QED) is 0.369. The van der Waals surface area contributed by atoms with E-state index in [1.165, 1.54) is 17.7 Å². The molecule has 1 aromatic heterocycles. The lowest BCUT2D eigenvalue weighted by Crippen LogP contribution is -2.33. The third kappa shape index (κ3) is 3.42. The van der Waals surface area contributed by atoms with Gasteiger partial charge in [-0.3, -0.25) is 14.9 Å². The molecular weight excluding hydrogens is 362 g/mol. The fraction of sp³-hybridized carbons (Fsp3) is 0.300. The number of anilines is 1. The highest BCUT2D eigenvalue weighted by Crippen LogP contribution is 2.37. The number of nitrogens with zero attached hydrogens (tertiary/aromatic N) is 3. The van der Waals surface area contributed by atoms with Crippen LogP contribution in [-0.2, 0) is 0 Å². The number of thiazole rings is 1. The van der Waals surface area contributed by atoms with Gasteiger partial charge < -0.3 is 4.90 Å². The molecule has 1 fully saturated rings. The summed E-state index contributed by atoms with van der Waals surface area (Å²) in [5.74, 6) is 0.216. The highest BCUT2D eigenvalue weighted by Gasteiger charge is 2.27. The Morgan fingerprint density at radius 3 is 2.63 bits per heavy atom. The van der Waals surface area contributed by atoms with Crippen molar-refractivity contribution in [1.82, 2.24) is 4.98 Å². The molecule has 0 amide bonds.